The first-order chi connectivity index (χ1) is 15.0. The summed E-state index contributed by atoms with van der Waals surface area (Å²) in [6.07, 6.45) is 2.36. The number of ether oxygens (including phenoxy) is 2. The molecule has 0 saturated carbocycles. The monoisotopic (exact) mass is 506 g/mol. The fraction of sp³-hybridized carbons (Fsp3) is 0.368. The van der Waals surface area contributed by atoms with Crippen LogP contribution in [0.25, 0.3) is 11.2 Å². The fourth-order valence-corrected chi connectivity index (χ4v) is 5.19. The highest BCUT2D eigenvalue weighted by molar-refractivity contribution is 9.10. The van der Waals surface area contributed by atoms with Gasteiger partial charge in [-0.05, 0) is 46.8 Å². The molecule has 0 unspecified atom stereocenters. The Kier molecular flexibility index (Phi) is 5.26. The van der Waals surface area contributed by atoms with Gasteiger partial charge in [0.1, 0.15) is 5.52 Å². The van der Waals surface area contributed by atoms with Crippen LogP contribution in [0.15, 0.2) is 33.0 Å². The lowest BCUT2D eigenvalue weighted by atomic mass is 9.97. The summed E-state index contributed by atoms with van der Waals surface area (Å²) in [6, 6.07) is 3.77. The number of piperidine rings is 1. The van der Waals surface area contributed by atoms with Crippen molar-refractivity contribution in [3.05, 3.63) is 28.4 Å². The third-order valence-corrected chi connectivity index (χ3v) is 7.33. The normalized spacial score (nSPS) is 16.2. The number of hydrogen-bond acceptors (Lipinski definition) is 7. The van der Waals surface area contributed by atoms with E-state index >= 15 is 0 Å². The van der Waals surface area contributed by atoms with Gasteiger partial charge >= 0.3 is 6.09 Å². The largest absolute Gasteiger partial charge is 0.465 e. The third kappa shape index (κ3) is 3.97. The zero-order valence-electron chi connectivity index (χ0n) is 16.3. The summed E-state index contributed by atoms with van der Waals surface area (Å²) in [4.78, 5) is 25.6. The molecule has 0 aliphatic carbocycles. The number of aromatic nitrogens is 4. The molecule has 2 aromatic heterocycles. The number of carbonyl (C=O) groups is 1. The number of amides is 1. The number of fused-ring (bicyclic) bond motifs is 2. The van der Waals surface area contributed by atoms with Gasteiger partial charge in [0.2, 0.25) is 6.79 Å². The predicted molar refractivity (Wildman–Crippen MR) is 114 cm³/mol. The molecule has 12 heteroatoms. The van der Waals surface area contributed by atoms with Crippen LogP contribution in [0.4, 0.5) is 4.79 Å². The molecule has 10 nitrogen and oxygen atoms in total. The molecule has 1 aromatic carbocycles. The lowest BCUT2D eigenvalue weighted by Gasteiger charge is -2.30. The Morgan fingerprint density at radius 1 is 1.32 bits per heavy atom. The van der Waals surface area contributed by atoms with Crippen molar-refractivity contribution >= 4 is 44.9 Å². The number of aromatic amines is 1. The van der Waals surface area contributed by atoms with Gasteiger partial charge < -0.3 is 29.0 Å². The van der Waals surface area contributed by atoms with E-state index in [0.717, 1.165) is 22.2 Å². The minimum absolute atomic E-state index is 0.135. The van der Waals surface area contributed by atoms with E-state index < -0.39 is 6.09 Å². The van der Waals surface area contributed by atoms with Gasteiger partial charge in [0.25, 0.3) is 0 Å². The molecule has 0 bridgehead atoms. The molecule has 1 amide bonds. The first kappa shape index (κ1) is 20.2. The molecule has 0 spiro atoms. The first-order valence-corrected chi connectivity index (χ1v) is 11.3. The predicted octanol–water partition coefficient (Wildman–Crippen LogP) is 3.27. The van der Waals surface area contributed by atoms with E-state index in [1.165, 1.54) is 16.7 Å². The Labute approximate surface area is 189 Å². The van der Waals surface area contributed by atoms with Crippen molar-refractivity contribution < 1.29 is 19.4 Å². The lowest BCUT2D eigenvalue weighted by Crippen LogP contribution is -2.38. The maximum Gasteiger partial charge on any atom is 0.407 e. The van der Waals surface area contributed by atoms with Crippen molar-refractivity contribution in [1.29, 1.82) is 5.41 Å². The third-order valence-electron chi connectivity index (χ3n) is 5.47. The molecule has 3 aromatic rings. The molecule has 5 rings (SSSR count). The second kappa shape index (κ2) is 8.08. The van der Waals surface area contributed by atoms with E-state index in [4.69, 9.17) is 25.0 Å². The van der Waals surface area contributed by atoms with E-state index in [-0.39, 0.29) is 12.3 Å². The van der Waals surface area contributed by atoms with Gasteiger partial charge in [-0.3, -0.25) is 5.41 Å². The van der Waals surface area contributed by atoms with Crippen LogP contribution in [-0.4, -0.2) is 55.5 Å². The number of halogens is 1. The van der Waals surface area contributed by atoms with Gasteiger partial charge in [-0.15, -0.1) is 0 Å². The van der Waals surface area contributed by atoms with Crippen LogP contribution in [0.5, 0.6) is 11.5 Å². The summed E-state index contributed by atoms with van der Waals surface area (Å²) in [7, 11) is 0. The maximum absolute atomic E-state index is 11.1. The Morgan fingerprint density at radius 2 is 2.06 bits per heavy atom. The number of rotatable bonds is 4. The Hall–Kier alpha value is -2.73. The zero-order chi connectivity index (χ0) is 21.5. The zero-order valence-corrected chi connectivity index (χ0v) is 18.7. The summed E-state index contributed by atoms with van der Waals surface area (Å²) in [5.41, 5.74) is 1.38. The van der Waals surface area contributed by atoms with Crippen LogP contribution in [0, 0.1) is 11.3 Å². The second-order valence-corrected chi connectivity index (χ2v) is 9.32. The highest BCUT2D eigenvalue weighted by Gasteiger charge is 2.23. The Bertz CT molecular complexity index is 1220. The smallest absolute Gasteiger partial charge is 0.407 e. The average molecular weight is 507 g/mol. The molecular weight excluding hydrogens is 488 g/mol. The Morgan fingerprint density at radius 3 is 2.81 bits per heavy atom. The van der Waals surface area contributed by atoms with Gasteiger partial charge in [0.05, 0.1) is 6.33 Å². The van der Waals surface area contributed by atoms with E-state index in [1.54, 1.807) is 6.33 Å². The molecule has 1 saturated heterocycles. The van der Waals surface area contributed by atoms with Crippen LogP contribution in [0.1, 0.15) is 12.8 Å². The number of nitrogens with zero attached hydrogens (tertiary/aromatic N) is 4. The first-order valence-electron chi connectivity index (χ1n) is 9.72. The summed E-state index contributed by atoms with van der Waals surface area (Å²) < 4.78 is 13.7. The molecule has 31 heavy (non-hydrogen) atoms. The summed E-state index contributed by atoms with van der Waals surface area (Å²) in [6.45, 7) is 1.96. The van der Waals surface area contributed by atoms with Gasteiger partial charge in [-0.2, -0.15) is 0 Å². The molecule has 0 atom stereocenters. The van der Waals surface area contributed by atoms with Crippen molar-refractivity contribution in [2.24, 2.45) is 5.92 Å². The van der Waals surface area contributed by atoms with Crippen molar-refractivity contribution in [2.75, 3.05) is 19.9 Å². The number of hydrogen-bond donors (Lipinski definition) is 3. The second-order valence-electron chi connectivity index (χ2n) is 7.44. The van der Waals surface area contributed by atoms with Gasteiger partial charge in [0.15, 0.2) is 27.8 Å². The molecule has 2 aliphatic rings. The minimum atomic E-state index is -0.864. The molecule has 162 valence electrons. The topological polar surface area (TPSA) is 129 Å². The van der Waals surface area contributed by atoms with E-state index in [9.17, 15) is 4.79 Å². The highest BCUT2D eigenvalue weighted by atomic mass is 79.9. The molecule has 0 radical (unpaired) electrons. The van der Waals surface area contributed by atoms with E-state index in [1.807, 2.05) is 16.7 Å². The van der Waals surface area contributed by atoms with E-state index in [0.29, 0.717) is 53.4 Å². The number of likely N-dealkylation sites (tertiary alicyclic amines) is 1. The highest BCUT2D eigenvalue weighted by Crippen LogP contribution is 2.42. The van der Waals surface area contributed by atoms with E-state index in [2.05, 4.69) is 25.9 Å². The lowest BCUT2D eigenvalue weighted by molar-refractivity contribution is 0.122. The number of benzene rings is 1. The van der Waals surface area contributed by atoms with Crippen LogP contribution >= 0.6 is 27.7 Å². The molecule has 2 aliphatic heterocycles. The summed E-state index contributed by atoms with van der Waals surface area (Å²) in [5.74, 6) is 1.72. The van der Waals surface area contributed by atoms with Crippen molar-refractivity contribution in [2.45, 2.75) is 29.4 Å². The average Bonchev–Trinajstić information content (AvgIpc) is 3.38. The standard InChI is InChI=1S/C19H19BrN6O4S/c20-11-5-12-13(30-9-29-12)6-14(11)31-18-23-15-16(21)22-8-26(17(15)24-18)7-10-1-3-25(4-2-10)19(27)28/h5-6,8,10,21H,1-4,7,9H2,(H,23,24)(H,27,28). The van der Waals surface area contributed by atoms with Gasteiger partial charge in [-0.1, -0.05) is 11.8 Å². The number of carboxylic acid groups (broad SMARTS) is 1. The van der Waals surface area contributed by atoms with Gasteiger partial charge in [0, 0.05) is 29.0 Å². The summed E-state index contributed by atoms with van der Waals surface area (Å²) >= 11 is 4.99. The number of H-pyrrole nitrogens is 1. The van der Waals surface area contributed by atoms with Gasteiger partial charge in [-0.25, -0.2) is 14.8 Å². The van der Waals surface area contributed by atoms with Crippen molar-refractivity contribution in [3.8, 4) is 11.5 Å². The summed E-state index contributed by atoms with van der Waals surface area (Å²) in [5, 5.41) is 17.9. The number of nitrogens with one attached hydrogen (secondary N) is 2. The quantitative estimate of drug-likeness (QED) is 0.494. The van der Waals surface area contributed by atoms with Crippen LogP contribution in [0.2, 0.25) is 0 Å². The Balaban J connectivity index is 1.39. The molecule has 4 heterocycles. The number of imidazole rings is 1. The fourth-order valence-electron chi connectivity index (χ4n) is 3.81. The molecule has 3 N–H and O–H groups in total. The van der Waals surface area contributed by atoms with Crippen LogP contribution in [-0.2, 0) is 6.54 Å². The van der Waals surface area contributed by atoms with Crippen molar-refractivity contribution in [1.82, 2.24) is 24.4 Å². The van der Waals surface area contributed by atoms with Crippen LogP contribution < -0.4 is 15.0 Å². The molecular formula is C19H19BrN6O4S. The van der Waals surface area contributed by atoms with Crippen molar-refractivity contribution in [3.63, 3.8) is 0 Å². The van der Waals surface area contributed by atoms with Crippen LogP contribution in [0.3, 0.4) is 0 Å². The maximum atomic E-state index is 11.1. The molecule has 1 fully saturated rings. The minimum Gasteiger partial charge on any atom is -0.465 e. The SMILES string of the molecule is N=c1ncn(CC2CCN(C(=O)O)CC2)c2nc(Sc3cc4c(cc3Br)OCO4)[nH]c12.